The van der Waals surface area contributed by atoms with E-state index in [4.69, 9.17) is 32.3 Å². The molecule has 18 heteroatoms. The molecule has 0 spiro atoms. The minimum Gasteiger partial charge on any atom is -0.463 e. The van der Waals surface area contributed by atoms with E-state index in [9.17, 15) is 43.5 Å². The summed E-state index contributed by atoms with van der Waals surface area (Å²) in [4.78, 5) is 58.4. The first kappa shape index (κ1) is 90.4. The maximum atomic E-state index is 12.9. The molecule has 0 aliphatic heterocycles. The zero-order valence-electron chi connectivity index (χ0n) is 58.8. The van der Waals surface area contributed by atoms with Crippen molar-refractivity contribution < 1.29 is 75.8 Å². The molecule has 0 aromatic carbocycles. The van der Waals surface area contributed by atoms with Crippen molar-refractivity contribution in [2.45, 2.75) is 283 Å². The molecule has 5 unspecified atom stereocenters. The lowest BCUT2D eigenvalue weighted by molar-refractivity contribution is -0.161. The van der Waals surface area contributed by atoms with Gasteiger partial charge in [-0.2, -0.15) is 0 Å². The molecule has 0 saturated heterocycles. The lowest BCUT2D eigenvalue weighted by atomic mass is 10.1. The van der Waals surface area contributed by atoms with Gasteiger partial charge in [0.2, 0.25) is 0 Å². The summed E-state index contributed by atoms with van der Waals surface area (Å²) in [6, 6.07) is 0. The summed E-state index contributed by atoms with van der Waals surface area (Å²) < 4.78 is 60.9. The Bertz CT molecular complexity index is 2310. The first-order valence-electron chi connectivity index (χ1n) is 36.1. The number of phosphoric acid groups is 2. The number of phosphoric ester groups is 2. The van der Waals surface area contributed by atoms with Crippen LogP contribution >= 0.6 is 15.6 Å². The number of unbranched alkanes of at least 4 members (excludes halogenated alkanes) is 20. The van der Waals surface area contributed by atoms with Gasteiger partial charge in [-0.1, -0.05) is 263 Å². The van der Waals surface area contributed by atoms with E-state index in [0.29, 0.717) is 25.7 Å². The molecule has 0 fully saturated rings. The van der Waals surface area contributed by atoms with E-state index in [1.54, 1.807) is 0 Å². The molecule has 0 aromatic rings. The highest BCUT2D eigenvalue weighted by Crippen LogP contribution is 2.45. The number of hydrogen-bond donors (Lipinski definition) is 4. The van der Waals surface area contributed by atoms with Gasteiger partial charge in [0, 0.05) is 19.3 Å². The van der Waals surface area contributed by atoms with Crippen LogP contribution in [0.5, 0.6) is 0 Å². The molecule has 0 aliphatic carbocycles. The smallest absolute Gasteiger partial charge is 0.463 e. The molecule has 0 bridgehead atoms. The van der Waals surface area contributed by atoms with Crippen molar-refractivity contribution in [2.75, 3.05) is 39.6 Å². The number of carbonyl (C=O) groups excluding carboxylic acids is 3. The van der Waals surface area contributed by atoms with Crippen LogP contribution in [0.25, 0.3) is 0 Å². The molecule has 0 rings (SSSR count). The van der Waals surface area contributed by atoms with Gasteiger partial charge in [-0.3, -0.25) is 32.5 Å². The van der Waals surface area contributed by atoms with Gasteiger partial charge in [0.05, 0.1) is 26.4 Å². The Labute approximate surface area is 575 Å². The van der Waals surface area contributed by atoms with Crippen LogP contribution in [0.3, 0.4) is 0 Å². The van der Waals surface area contributed by atoms with Gasteiger partial charge in [0.15, 0.2) is 6.10 Å². The number of hydrogen-bond acceptors (Lipinski definition) is 14. The second kappa shape index (κ2) is 69.3. The molecule has 4 N–H and O–H groups in total. The standard InChI is InChI=1S/C77H128O16P2/c1-4-7-10-13-16-19-22-25-28-30-32-33-34-35-36-37-39-41-43-45-48-51-54-57-60-63-75(80)87-66-72(78)67-89-94(83,84)90-68-73(79)69-91-95(85,86)92-71-74(93-77(82)65-62-59-56-53-50-47-42-27-24-21-18-15-12-9-6-3)70-88-76(81)64-61-58-55-52-49-46-44-40-38-31-29-26-23-20-17-14-11-8-5-2/h7-8,10-11,16-17,19-20,25-29,32-33,35-36,38,40,42,46,49,55,58,72-74,78-79H,4-6,9,12-15,18,21-24,30-31,34,37,39,41,43-45,47-48,50-54,56-57,59-71H2,1-3H3,(H,83,84)(H,85,86)/b10-7-,11-8-,19-16-,20-17-,28-25-,29-26-,33-32-,36-35-,40-38-,42-27-,49-46-,58-55-. The quantitative estimate of drug-likeness (QED) is 0.0146. The summed E-state index contributed by atoms with van der Waals surface area (Å²) >= 11 is 0. The SMILES string of the molecule is CC/C=C\C/C=C\C/C=C\C/C=C\C/C=C\C/C=C\CCC(=O)OCC(COP(=O)(O)OCC(O)COP(=O)(O)OCC(O)COC(=O)CCCCCCCCCCC/C=C\C/C=C\C/C=C\C/C=C\C/C=C\CC)OC(=O)CCCCCCC/C=C\CCCCCCCC. The van der Waals surface area contributed by atoms with E-state index in [2.05, 4.69) is 148 Å². The third kappa shape index (κ3) is 70.6. The van der Waals surface area contributed by atoms with Gasteiger partial charge < -0.3 is 34.2 Å². The van der Waals surface area contributed by atoms with Gasteiger partial charge in [-0.15, -0.1) is 0 Å². The second-order valence-electron chi connectivity index (χ2n) is 23.6. The predicted molar refractivity (Wildman–Crippen MR) is 389 cm³/mol. The molecular formula is C77H128O16P2. The largest absolute Gasteiger partial charge is 0.472 e. The van der Waals surface area contributed by atoms with Crippen molar-refractivity contribution in [3.8, 4) is 0 Å². The summed E-state index contributed by atoms with van der Waals surface area (Å²) in [5.74, 6) is -1.69. The van der Waals surface area contributed by atoms with Crippen LogP contribution in [0.15, 0.2) is 146 Å². The number of rotatable bonds is 67. The topological polar surface area (TPSA) is 231 Å². The average molecular weight is 1370 g/mol. The van der Waals surface area contributed by atoms with Crippen LogP contribution in [-0.2, 0) is 55.8 Å². The lowest BCUT2D eigenvalue weighted by Gasteiger charge is -2.21. The normalized spacial score (nSPS) is 15.0. The van der Waals surface area contributed by atoms with E-state index in [-0.39, 0.29) is 19.3 Å². The number of allylic oxidation sites excluding steroid dienone is 24. The highest BCUT2D eigenvalue weighted by molar-refractivity contribution is 7.47. The van der Waals surface area contributed by atoms with E-state index < -0.39 is 91.5 Å². The van der Waals surface area contributed by atoms with Gasteiger partial charge in [0.25, 0.3) is 0 Å². The molecule has 16 nitrogen and oxygen atoms in total. The zero-order valence-corrected chi connectivity index (χ0v) is 60.6. The van der Waals surface area contributed by atoms with Crippen LogP contribution in [0.4, 0.5) is 0 Å². The molecule has 542 valence electrons. The van der Waals surface area contributed by atoms with Crippen molar-refractivity contribution in [3.05, 3.63) is 146 Å². The Balaban J connectivity index is 4.67. The summed E-state index contributed by atoms with van der Waals surface area (Å²) in [5.41, 5.74) is 0. The highest BCUT2D eigenvalue weighted by atomic mass is 31.2. The van der Waals surface area contributed by atoms with Crippen molar-refractivity contribution in [1.29, 1.82) is 0 Å². The van der Waals surface area contributed by atoms with Gasteiger partial charge in [-0.05, 0) is 128 Å². The molecule has 0 heterocycles. The van der Waals surface area contributed by atoms with Gasteiger partial charge >= 0.3 is 33.6 Å². The summed E-state index contributed by atoms with van der Waals surface area (Å²) in [6.45, 7) is 2.32. The van der Waals surface area contributed by atoms with Crippen LogP contribution in [0.1, 0.15) is 265 Å². The molecule has 5 atom stereocenters. The van der Waals surface area contributed by atoms with Crippen LogP contribution in [-0.4, -0.2) is 95.9 Å². The van der Waals surface area contributed by atoms with Crippen LogP contribution in [0, 0.1) is 0 Å². The lowest BCUT2D eigenvalue weighted by Crippen LogP contribution is -2.30. The Morgan fingerprint density at radius 3 is 0.958 bits per heavy atom. The van der Waals surface area contributed by atoms with Crippen LogP contribution in [0.2, 0.25) is 0 Å². The molecular weight excluding hydrogens is 1240 g/mol. The molecule has 0 aromatic heterocycles. The minimum absolute atomic E-state index is 0.0399. The molecule has 0 saturated carbocycles. The van der Waals surface area contributed by atoms with Gasteiger partial charge in [0.1, 0.15) is 25.4 Å². The maximum absolute atomic E-state index is 12.9. The van der Waals surface area contributed by atoms with Crippen molar-refractivity contribution >= 4 is 33.6 Å². The van der Waals surface area contributed by atoms with Crippen molar-refractivity contribution in [3.63, 3.8) is 0 Å². The number of carbonyl (C=O) groups is 3. The Morgan fingerprint density at radius 1 is 0.305 bits per heavy atom. The Morgan fingerprint density at radius 2 is 0.579 bits per heavy atom. The van der Waals surface area contributed by atoms with E-state index in [1.807, 2.05) is 18.2 Å². The molecule has 95 heavy (non-hydrogen) atoms. The fourth-order valence-corrected chi connectivity index (χ4v) is 10.7. The molecule has 0 amide bonds. The Kier molecular flexibility index (Phi) is 66.0. The first-order chi connectivity index (χ1) is 46.2. The summed E-state index contributed by atoms with van der Waals surface area (Å²) in [6.07, 6.45) is 83.4. The Hall–Kier alpha value is -4.57. The second-order valence-corrected chi connectivity index (χ2v) is 26.5. The van der Waals surface area contributed by atoms with Gasteiger partial charge in [-0.25, -0.2) is 9.13 Å². The summed E-state index contributed by atoms with van der Waals surface area (Å²) in [5, 5.41) is 20.6. The van der Waals surface area contributed by atoms with Crippen molar-refractivity contribution in [2.24, 2.45) is 0 Å². The number of ether oxygens (including phenoxy) is 3. The fraction of sp³-hybridized carbons (Fsp3) is 0.649. The molecule has 0 radical (unpaired) electrons. The van der Waals surface area contributed by atoms with Crippen LogP contribution < -0.4 is 0 Å². The minimum atomic E-state index is -4.95. The third-order valence-corrected chi connectivity index (χ3v) is 16.4. The van der Waals surface area contributed by atoms with E-state index in [1.165, 1.54) is 64.2 Å². The number of aliphatic hydroxyl groups is 2. The first-order valence-corrected chi connectivity index (χ1v) is 39.1. The molecule has 0 aliphatic rings. The zero-order chi connectivity index (χ0) is 69.5. The van der Waals surface area contributed by atoms with E-state index in [0.717, 1.165) is 135 Å². The van der Waals surface area contributed by atoms with E-state index >= 15 is 0 Å². The van der Waals surface area contributed by atoms with Crippen molar-refractivity contribution in [1.82, 2.24) is 0 Å². The monoisotopic (exact) mass is 1370 g/mol. The summed E-state index contributed by atoms with van der Waals surface area (Å²) in [7, 11) is -9.81. The predicted octanol–water partition coefficient (Wildman–Crippen LogP) is 20.5. The highest BCUT2D eigenvalue weighted by Gasteiger charge is 2.29. The fourth-order valence-electron chi connectivity index (χ4n) is 9.09. The maximum Gasteiger partial charge on any atom is 0.472 e. The number of aliphatic hydroxyl groups excluding tert-OH is 2. The number of esters is 3. The third-order valence-electron chi connectivity index (χ3n) is 14.5. The average Bonchev–Trinajstić information content (AvgIpc) is 2.13.